The summed E-state index contributed by atoms with van der Waals surface area (Å²) in [5.74, 6) is 0.00310. The van der Waals surface area contributed by atoms with Crippen molar-refractivity contribution in [3.63, 3.8) is 0 Å². The van der Waals surface area contributed by atoms with E-state index in [0.29, 0.717) is 19.5 Å². The van der Waals surface area contributed by atoms with Crippen LogP contribution in [0, 0.1) is 0 Å². The number of hydrogen-bond acceptors (Lipinski definition) is 5. The maximum Gasteiger partial charge on any atom is 0.234 e. The lowest BCUT2D eigenvalue weighted by Crippen LogP contribution is -2.46. The Morgan fingerprint density at radius 3 is 2.53 bits per heavy atom. The molecule has 0 aliphatic carbocycles. The van der Waals surface area contributed by atoms with E-state index in [1.54, 1.807) is 13.8 Å². The second kappa shape index (κ2) is 6.19. The van der Waals surface area contributed by atoms with E-state index in [1.165, 1.54) is 0 Å². The summed E-state index contributed by atoms with van der Waals surface area (Å²) in [7, 11) is -2.97. The number of nitrogens with one attached hydrogen (secondary N) is 1. The molecule has 7 heteroatoms. The maximum absolute atomic E-state index is 11.8. The summed E-state index contributed by atoms with van der Waals surface area (Å²) in [6.45, 7) is 6.53. The van der Waals surface area contributed by atoms with Crippen LogP contribution in [0.15, 0.2) is 0 Å². The molecular weight excluding hydrogens is 268 g/mol. The number of carbonyl (C=O) groups is 1. The molecule has 1 fully saturated rings. The van der Waals surface area contributed by atoms with Crippen LogP contribution in [0.4, 0.5) is 0 Å². The van der Waals surface area contributed by atoms with E-state index in [2.05, 4.69) is 5.32 Å². The summed E-state index contributed by atoms with van der Waals surface area (Å²) in [6.07, 6.45) is 0.492. The van der Waals surface area contributed by atoms with Gasteiger partial charge in [-0.25, -0.2) is 8.42 Å². The van der Waals surface area contributed by atoms with E-state index in [9.17, 15) is 18.3 Å². The van der Waals surface area contributed by atoms with Crippen molar-refractivity contribution in [1.29, 1.82) is 0 Å². The summed E-state index contributed by atoms with van der Waals surface area (Å²) in [4.78, 5) is 13.7. The van der Waals surface area contributed by atoms with Crippen LogP contribution in [0.5, 0.6) is 0 Å². The SMILES string of the molecule is CCN(CC(=O)NC1CCS(=O)(=O)C1)CC(C)(C)O. The van der Waals surface area contributed by atoms with Crippen molar-refractivity contribution in [2.45, 2.75) is 38.8 Å². The highest BCUT2D eigenvalue weighted by molar-refractivity contribution is 7.91. The van der Waals surface area contributed by atoms with Crippen molar-refractivity contribution in [3.05, 3.63) is 0 Å². The first kappa shape index (κ1) is 16.4. The van der Waals surface area contributed by atoms with Crippen LogP contribution in [0.25, 0.3) is 0 Å². The summed E-state index contributed by atoms with van der Waals surface area (Å²) in [5, 5.41) is 12.5. The highest BCUT2D eigenvalue weighted by Crippen LogP contribution is 2.11. The standard InChI is InChI=1S/C12H24N2O4S/c1-4-14(9-12(2,3)16)7-11(15)13-10-5-6-19(17,18)8-10/h10,16H,4-9H2,1-3H3,(H,13,15). The van der Waals surface area contributed by atoms with Crippen molar-refractivity contribution < 1.29 is 18.3 Å². The molecule has 1 amide bonds. The molecule has 0 aromatic carbocycles. The molecule has 1 saturated heterocycles. The highest BCUT2D eigenvalue weighted by Gasteiger charge is 2.29. The van der Waals surface area contributed by atoms with Crippen LogP contribution < -0.4 is 5.32 Å². The van der Waals surface area contributed by atoms with E-state index in [-0.39, 0.29) is 30.0 Å². The normalized spacial score (nSPS) is 22.7. The number of nitrogens with zero attached hydrogens (tertiary/aromatic N) is 1. The fourth-order valence-corrected chi connectivity index (χ4v) is 3.89. The lowest BCUT2D eigenvalue weighted by Gasteiger charge is -2.27. The van der Waals surface area contributed by atoms with Gasteiger partial charge in [0.15, 0.2) is 9.84 Å². The predicted octanol–water partition coefficient (Wildman–Crippen LogP) is -0.617. The molecule has 0 saturated carbocycles. The summed E-state index contributed by atoms with van der Waals surface area (Å²) in [5.41, 5.74) is -0.854. The average molecular weight is 292 g/mol. The Labute approximate surface area is 115 Å². The van der Waals surface area contributed by atoms with Gasteiger partial charge in [0.05, 0.1) is 23.7 Å². The van der Waals surface area contributed by atoms with Crippen molar-refractivity contribution in [2.75, 3.05) is 31.1 Å². The monoisotopic (exact) mass is 292 g/mol. The van der Waals surface area contributed by atoms with Gasteiger partial charge in [0.1, 0.15) is 0 Å². The van der Waals surface area contributed by atoms with E-state index in [1.807, 2.05) is 11.8 Å². The van der Waals surface area contributed by atoms with Crippen molar-refractivity contribution in [3.8, 4) is 0 Å². The quantitative estimate of drug-likeness (QED) is 0.681. The number of hydrogen-bond donors (Lipinski definition) is 2. The average Bonchev–Trinajstić information content (AvgIpc) is 2.54. The van der Waals surface area contributed by atoms with Crippen molar-refractivity contribution >= 4 is 15.7 Å². The van der Waals surface area contributed by atoms with E-state index in [0.717, 1.165) is 0 Å². The Hall–Kier alpha value is -0.660. The number of sulfone groups is 1. The van der Waals surface area contributed by atoms with Crippen LogP contribution in [0.3, 0.4) is 0 Å². The first-order valence-corrected chi connectivity index (χ1v) is 8.38. The fourth-order valence-electron chi connectivity index (χ4n) is 2.21. The Morgan fingerprint density at radius 1 is 1.47 bits per heavy atom. The summed E-state index contributed by atoms with van der Waals surface area (Å²) >= 11 is 0. The van der Waals surface area contributed by atoms with Crippen LogP contribution >= 0.6 is 0 Å². The molecule has 0 aromatic rings. The molecule has 0 spiro atoms. The zero-order chi connectivity index (χ0) is 14.7. The number of amides is 1. The van der Waals surface area contributed by atoms with Gasteiger partial charge in [-0.15, -0.1) is 0 Å². The molecule has 1 unspecified atom stereocenters. The van der Waals surface area contributed by atoms with Gasteiger partial charge >= 0.3 is 0 Å². The molecule has 0 bridgehead atoms. The number of carbonyl (C=O) groups excluding carboxylic acids is 1. The summed E-state index contributed by atoms with van der Waals surface area (Å²) < 4.78 is 22.6. The largest absolute Gasteiger partial charge is 0.389 e. The minimum absolute atomic E-state index is 0.0381. The van der Waals surface area contributed by atoms with Gasteiger partial charge < -0.3 is 10.4 Å². The molecule has 112 valence electrons. The van der Waals surface area contributed by atoms with Crippen LogP contribution in [0.1, 0.15) is 27.2 Å². The molecule has 1 atom stereocenters. The predicted molar refractivity (Wildman–Crippen MR) is 73.6 cm³/mol. The minimum Gasteiger partial charge on any atom is -0.389 e. The van der Waals surface area contributed by atoms with E-state index in [4.69, 9.17) is 0 Å². The number of likely N-dealkylation sites (N-methyl/N-ethyl adjacent to an activating group) is 1. The molecule has 0 radical (unpaired) electrons. The topological polar surface area (TPSA) is 86.7 Å². The Bertz CT molecular complexity index is 414. The van der Waals surface area contributed by atoms with Crippen molar-refractivity contribution in [2.24, 2.45) is 0 Å². The third-order valence-corrected chi connectivity index (χ3v) is 4.79. The smallest absolute Gasteiger partial charge is 0.234 e. The van der Waals surface area contributed by atoms with Gasteiger partial charge in [0.25, 0.3) is 0 Å². The maximum atomic E-state index is 11.8. The molecule has 1 aliphatic heterocycles. The van der Waals surface area contributed by atoms with Gasteiger partial charge in [-0.3, -0.25) is 9.69 Å². The lowest BCUT2D eigenvalue weighted by molar-refractivity contribution is -0.123. The Balaban J connectivity index is 2.42. The summed E-state index contributed by atoms with van der Waals surface area (Å²) in [6, 6.07) is -0.265. The van der Waals surface area contributed by atoms with E-state index >= 15 is 0 Å². The van der Waals surface area contributed by atoms with Gasteiger partial charge in [-0.1, -0.05) is 6.92 Å². The second-order valence-corrected chi connectivity index (χ2v) is 8.01. The van der Waals surface area contributed by atoms with Gasteiger partial charge in [-0.2, -0.15) is 0 Å². The van der Waals surface area contributed by atoms with Crippen LogP contribution in [-0.4, -0.2) is 67.1 Å². The first-order chi connectivity index (χ1) is 8.61. The molecule has 0 aromatic heterocycles. The Morgan fingerprint density at radius 2 is 2.11 bits per heavy atom. The third-order valence-electron chi connectivity index (χ3n) is 3.02. The zero-order valence-corrected chi connectivity index (χ0v) is 12.7. The third kappa shape index (κ3) is 6.35. The molecule has 1 aliphatic rings. The molecular formula is C12H24N2O4S. The lowest BCUT2D eigenvalue weighted by atomic mass is 10.1. The van der Waals surface area contributed by atoms with Gasteiger partial charge in [0, 0.05) is 12.6 Å². The highest BCUT2D eigenvalue weighted by atomic mass is 32.2. The minimum atomic E-state index is -2.97. The zero-order valence-electron chi connectivity index (χ0n) is 11.8. The molecule has 6 nitrogen and oxygen atoms in total. The molecule has 1 rings (SSSR count). The molecule has 19 heavy (non-hydrogen) atoms. The van der Waals surface area contributed by atoms with Gasteiger partial charge in [-0.05, 0) is 26.8 Å². The van der Waals surface area contributed by atoms with Crippen molar-refractivity contribution in [1.82, 2.24) is 10.2 Å². The first-order valence-electron chi connectivity index (χ1n) is 6.56. The number of aliphatic hydroxyl groups is 1. The fraction of sp³-hybridized carbons (Fsp3) is 0.917. The second-order valence-electron chi connectivity index (χ2n) is 5.78. The van der Waals surface area contributed by atoms with Crippen LogP contribution in [-0.2, 0) is 14.6 Å². The molecule has 1 heterocycles. The van der Waals surface area contributed by atoms with E-state index < -0.39 is 15.4 Å². The molecule has 2 N–H and O–H groups in total. The van der Waals surface area contributed by atoms with Crippen LogP contribution in [0.2, 0.25) is 0 Å². The number of rotatable bonds is 6. The Kier molecular flexibility index (Phi) is 5.34. The van der Waals surface area contributed by atoms with Gasteiger partial charge in [0.2, 0.25) is 5.91 Å².